The minimum atomic E-state index is -0.555. The fourth-order valence-electron chi connectivity index (χ4n) is 3.65. The summed E-state index contributed by atoms with van der Waals surface area (Å²) in [5.41, 5.74) is 7.62. The number of benzene rings is 1. The smallest absolute Gasteiger partial charge is 0.409 e. The fraction of sp³-hybridized carbons (Fsp3) is 0.429. The van der Waals surface area contributed by atoms with E-state index in [4.69, 9.17) is 10.5 Å². The van der Waals surface area contributed by atoms with Crippen LogP contribution in [-0.2, 0) is 4.74 Å². The minimum absolute atomic E-state index is 0.174. The van der Waals surface area contributed by atoms with E-state index in [1.165, 1.54) is 13.3 Å². The molecule has 10 nitrogen and oxygen atoms in total. The molecule has 164 valence electrons. The van der Waals surface area contributed by atoms with E-state index < -0.39 is 5.91 Å². The van der Waals surface area contributed by atoms with Crippen molar-refractivity contribution in [2.45, 2.75) is 31.8 Å². The molecule has 2 heterocycles. The summed E-state index contributed by atoms with van der Waals surface area (Å²) in [6, 6.07) is 8.46. The van der Waals surface area contributed by atoms with Gasteiger partial charge in [-0.3, -0.25) is 4.79 Å². The van der Waals surface area contributed by atoms with Crippen molar-refractivity contribution in [2.24, 2.45) is 5.73 Å². The van der Waals surface area contributed by atoms with Crippen LogP contribution in [0.3, 0.4) is 0 Å². The van der Waals surface area contributed by atoms with E-state index >= 15 is 0 Å². The van der Waals surface area contributed by atoms with Gasteiger partial charge in [0, 0.05) is 49.3 Å². The van der Waals surface area contributed by atoms with Crippen LogP contribution in [0.4, 0.5) is 27.9 Å². The molecule has 31 heavy (non-hydrogen) atoms. The predicted octanol–water partition coefficient (Wildman–Crippen LogP) is 2.17. The van der Waals surface area contributed by atoms with E-state index in [2.05, 4.69) is 32.4 Å². The van der Waals surface area contributed by atoms with E-state index in [-0.39, 0.29) is 17.7 Å². The quantitative estimate of drug-likeness (QED) is 0.643. The SMILES string of the molecule is COC(=O)N1CCN(c2ccc(Nc3ncc(C(N)=O)c(NC4CC4)n3)cc2)[C@@H](C)C1. The van der Waals surface area contributed by atoms with Crippen molar-refractivity contribution in [3.05, 3.63) is 36.0 Å². The Morgan fingerprint density at radius 3 is 2.55 bits per heavy atom. The summed E-state index contributed by atoms with van der Waals surface area (Å²) in [5, 5.41) is 6.40. The highest BCUT2D eigenvalue weighted by atomic mass is 16.5. The van der Waals surface area contributed by atoms with Crippen LogP contribution in [0.2, 0.25) is 0 Å². The number of hydrogen-bond donors (Lipinski definition) is 3. The fourth-order valence-corrected chi connectivity index (χ4v) is 3.65. The average molecular weight is 425 g/mol. The van der Waals surface area contributed by atoms with Gasteiger partial charge in [0.1, 0.15) is 5.82 Å². The second-order valence-corrected chi connectivity index (χ2v) is 7.87. The molecule has 1 aliphatic carbocycles. The maximum absolute atomic E-state index is 11.8. The highest BCUT2D eigenvalue weighted by Crippen LogP contribution is 2.27. The Balaban J connectivity index is 1.43. The maximum atomic E-state index is 11.8. The first-order chi connectivity index (χ1) is 14.9. The van der Waals surface area contributed by atoms with Crippen LogP contribution in [0, 0.1) is 0 Å². The monoisotopic (exact) mass is 425 g/mol. The third kappa shape index (κ3) is 4.79. The molecule has 2 fully saturated rings. The molecule has 0 bridgehead atoms. The number of primary amides is 1. The van der Waals surface area contributed by atoms with Crippen molar-refractivity contribution >= 4 is 35.1 Å². The van der Waals surface area contributed by atoms with Gasteiger partial charge in [-0.1, -0.05) is 0 Å². The molecule has 2 aliphatic rings. The lowest BCUT2D eigenvalue weighted by atomic mass is 10.1. The van der Waals surface area contributed by atoms with Gasteiger partial charge in [0.05, 0.1) is 12.7 Å². The molecule has 10 heteroatoms. The molecule has 2 amide bonds. The largest absolute Gasteiger partial charge is 0.453 e. The number of ether oxygens (including phenoxy) is 1. The molecule has 0 radical (unpaired) electrons. The Kier molecular flexibility index (Phi) is 5.79. The number of piperazine rings is 1. The lowest BCUT2D eigenvalue weighted by molar-refractivity contribution is 0.1000. The second kappa shape index (κ2) is 8.66. The number of aromatic nitrogens is 2. The summed E-state index contributed by atoms with van der Waals surface area (Å²) < 4.78 is 4.82. The zero-order valence-corrected chi connectivity index (χ0v) is 17.7. The first-order valence-corrected chi connectivity index (χ1v) is 10.3. The van der Waals surface area contributed by atoms with E-state index in [1.54, 1.807) is 4.90 Å². The molecule has 1 aliphatic heterocycles. The minimum Gasteiger partial charge on any atom is -0.453 e. The Labute approximate surface area is 180 Å². The van der Waals surface area contributed by atoms with E-state index in [1.807, 2.05) is 24.3 Å². The van der Waals surface area contributed by atoms with Crippen LogP contribution in [0.25, 0.3) is 0 Å². The summed E-state index contributed by atoms with van der Waals surface area (Å²) in [4.78, 5) is 36.0. The maximum Gasteiger partial charge on any atom is 0.409 e. The number of hydrogen-bond acceptors (Lipinski definition) is 8. The molecule has 2 aromatic rings. The highest BCUT2D eigenvalue weighted by molar-refractivity contribution is 5.97. The highest BCUT2D eigenvalue weighted by Gasteiger charge is 2.27. The van der Waals surface area contributed by atoms with Gasteiger partial charge < -0.3 is 30.9 Å². The van der Waals surface area contributed by atoms with Crippen LogP contribution in [0.5, 0.6) is 0 Å². The standard InChI is InChI=1S/C21H27N7O3/c1-13-12-27(21(30)31-2)9-10-28(13)16-7-5-15(6-8-16)25-20-23-11-17(18(22)29)19(26-20)24-14-3-4-14/h5-8,11,13-14H,3-4,9-10,12H2,1-2H3,(H2,22,29)(H2,23,24,25,26)/t13-/m0/s1. The number of carbonyl (C=O) groups is 2. The number of rotatable bonds is 6. The van der Waals surface area contributed by atoms with Crippen LogP contribution in [-0.4, -0.2) is 65.7 Å². The van der Waals surface area contributed by atoms with Gasteiger partial charge in [-0.25, -0.2) is 9.78 Å². The normalized spacial score (nSPS) is 18.5. The summed E-state index contributed by atoms with van der Waals surface area (Å²) in [6.07, 6.45) is 3.26. The topological polar surface area (TPSA) is 126 Å². The molecule has 1 saturated heterocycles. The number of nitrogens with two attached hydrogens (primary N) is 1. The van der Waals surface area contributed by atoms with Crippen molar-refractivity contribution in [1.29, 1.82) is 0 Å². The van der Waals surface area contributed by atoms with Gasteiger partial charge in [-0.15, -0.1) is 0 Å². The molecule has 1 aromatic heterocycles. The second-order valence-electron chi connectivity index (χ2n) is 7.87. The summed E-state index contributed by atoms with van der Waals surface area (Å²) in [7, 11) is 1.40. The summed E-state index contributed by atoms with van der Waals surface area (Å²) >= 11 is 0. The van der Waals surface area contributed by atoms with Crippen molar-refractivity contribution < 1.29 is 14.3 Å². The van der Waals surface area contributed by atoms with E-state index in [0.29, 0.717) is 30.9 Å². The number of amides is 2. The zero-order chi connectivity index (χ0) is 22.0. The van der Waals surface area contributed by atoms with Gasteiger partial charge in [-0.05, 0) is 44.0 Å². The molecule has 0 spiro atoms. The van der Waals surface area contributed by atoms with Crippen molar-refractivity contribution in [1.82, 2.24) is 14.9 Å². The first-order valence-electron chi connectivity index (χ1n) is 10.3. The molecular formula is C21H27N7O3. The van der Waals surface area contributed by atoms with Crippen LogP contribution in [0.15, 0.2) is 30.5 Å². The molecular weight excluding hydrogens is 398 g/mol. The Hall–Kier alpha value is -3.56. The lowest BCUT2D eigenvalue weighted by Crippen LogP contribution is -2.53. The molecule has 0 unspecified atom stereocenters. The molecule has 1 atom stereocenters. The summed E-state index contributed by atoms with van der Waals surface area (Å²) in [6.45, 7) is 4.05. The number of carbonyl (C=O) groups excluding carboxylic acids is 2. The first kappa shape index (κ1) is 20.7. The average Bonchev–Trinajstić information content (AvgIpc) is 3.58. The molecule has 4 rings (SSSR count). The van der Waals surface area contributed by atoms with Gasteiger partial charge in [-0.2, -0.15) is 4.98 Å². The third-order valence-corrected chi connectivity index (χ3v) is 5.49. The van der Waals surface area contributed by atoms with Gasteiger partial charge >= 0.3 is 6.09 Å². The lowest BCUT2D eigenvalue weighted by Gasteiger charge is -2.40. The number of nitrogens with zero attached hydrogens (tertiary/aromatic N) is 4. The molecule has 1 saturated carbocycles. The Morgan fingerprint density at radius 1 is 1.19 bits per heavy atom. The van der Waals surface area contributed by atoms with Crippen molar-refractivity contribution in [3.8, 4) is 0 Å². The van der Waals surface area contributed by atoms with Crippen molar-refractivity contribution in [2.75, 3.05) is 42.3 Å². The van der Waals surface area contributed by atoms with Crippen LogP contribution >= 0.6 is 0 Å². The van der Waals surface area contributed by atoms with Crippen molar-refractivity contribution in [3.63, 3.8) is 0 Å². The Morgan fingerprint density at radius 2 is 1.94 bits per heavy atom. The van der Waals surface area contributed by atoms with E-state index in [0.717, 1.165) is 30.8 Å². The van der Waals surface area contributed by atoms with Gasteiger partial charge in [0.2, 0.25) is 5.95 Å². The number of anilines is 4. The third-order valence-electron chi connectivity index (χ3n) is 5.49. The van der Waals surface area contributed by atoms with Crippen LogP contribution in [0.1, 0.15) is 30.1 Å². The number of nitrogens with one attached hydrogen (secondary N) is 2. The van der Waals surface area contributed by atoms with E-state index in [9.17, 15) is 9.59 Å². The molecule has 4 N–H and O–H groups in total. The summed E-state index contributed by atoms with van der Waals surface area (Å²) in [5.74, 6) is 0.294. The Bertz CT molecular complexity index is 962. The zero-order valence-electron chi connectivity index (χ0n) is 17.7. The van der Waals surface area contributed by atoms with Gasteiger partial charge in [0.25, 0.3) is 5.91 Å². The predicted molar refractivity (Wildman–Crippen MR) is 118 cm³/mol. The number of methoxy groups -OCH3 is 1. The van der Waals surface area contributed by atoms with Crippen LogP contribution < -0.4 is 21.3 Å². The van der Waals surface area contributed by atoms with Gasteiger partial charge in [0.15, 0.2) is 0 Å². The molecule has 1 aromatic carbocycles.